The van der Waals surface area contributed by atoms with Crippen LogP contribution in [0.1, 0.15) is 47.4 Å². The third-order valence-electron chi connectivity index (χ3n) is 7.75. The van der Waals surface area contributed by atoms with Crippen molar-refractivity contribution in [1.82, 2.24) is 9.47 Å². The summed E-state index contributed by atoms with van der Waals surface area (Å²) in [5.41, 5.74) is 5.98. The van der Waals surface area contributed by atoms with Gasteiger partial charge in [0, 0.05) is 49.1 Å². The summed E-state index contributed by atoms with van der Waals surface area (Å²) in [7, 11) is 0. The first-order valence-corrected chi connectivity index (χ1v) is 13.9. The Bertz CT molecular complexity index is 1560. The molecular weight excluding hydrogens is 480 g/mol. The number of ether oxygens (including phenoxy) is 1. The third kappa shape index (κ3) is 5.61. The van der Waals surface area contributed by atoms with Crippen molar-refractivity contribution in [3.8, 4) is 11.5 Å². The van der Waals surface area contributed by atoms with Gasteiger partial charge in [-0.1, -0.05) is 78.4 Å². The normalized spacial score (nSPS) is 14.0. The molecule has 0 radical (unpaired) electrons. The molecular formula is C35H34N2O2. The van der Waals surface area contributed by atoms with Gasteiger partial charge in [-0.05, 0) is 66.8 Å². The second-order valence-corrected chi connectivity index (χ2v) is 10.5. The van der Waals surface area contributed by atoms with Crippen molar-refractivity contribution in [2.75, 3.05) is 13.1 Å². The number of likely N-dealkylation sites (tertiary alicyclic amines) is 1. The molecule has 196 valence electrons. The van der Waals surface area contributed by atoms with Crippen LogP contribution in [0.4, 0.5) is 0 Å². The number of amides is 1. The number of hydrogen-bond donors (Lipinski definition) is 0. The maximum atomic E-state index is 13.5. The molecule has 4 aromatic carbocycles. The average Bonchev–Trinajstić information content (AvgIpc) is 3.63. The van der Waals surface area contributed by atoms with Gasteiger partial charge < -0.3 is 14.2 Å². The van der Waals surface area contributed by atoms with E-state index in [9.17, 15) is 4.79 Å². The van der Waals surface area contributed by atoms with Gasteiger partial charge in [0.2, 0.25) is 5.91 Å². The van der Waals surface area contributed by atoms with Crippen LogP contribution in [-0.2, 0) is 11.3 Å². The molecule has 0 N–H and O–H groups in total. The molecule has 0 saturated carbocycles. The van der Waals surface area contributed by atoms with E-state index in [2.05, 4.69) is 78.4 Å². The molecule has 1 aliphatic heterocycles. The van der Waals surface area contributed by atoms with E-state index in [1.807, 2.05) is 47.4 Å². The molecule has 39 heavy (non-hydrogen) atoms. The largest absolute Gasteiger partial charge is 0.457 e. The third-order valence-corrected chi connectivity index (χ3v) is 7.75. The Morgan fingerprint density at radius 3 is 2.33 bits per heavy atom. The Morgan fingerprint density at radius 2 is 1.54 bits per heavy atom. The number of para-hydroxylation sites is 2. The molecule has 0 aliphatic carbocycles. The zero-order chi connectivity index (χ0) is 26.6. The maximum Gasteiger partial charge on any atom is 0.223 e. The summed E-state index contributed by atoms with van der Waals surface area (Å²) in [5, 5.41) is 1.19. The van der Waals surface area contributed by atoms with Gasteiger partial charge in [-0.25, -0.2) is 0 Å². The van der Waals surface area contributed by atoms with Crippen LogP contribution in [-0.4, -0.2) is 28.5 Å². The lowest BCUT2D eigenvalue weighted by Gasteiger charge is -2.22. The van der Waals surface area contributed by atoms with Gasteiger partial charge in [0.15, 0.2) is 0 Å². The summed E-state index contributed by atoms with van der Waals surface area (Å²) in [6, 6.07) is 35.4. The van der Waals surface area contributed by atoms with Crippen LogP contribution in [0.15, 0.2) is 109 Å². The van der Waals surface area contributed by atoms with Gasteiger partial charge in [0.1, 0.15) is 11.5 Å². The van der Waals surface area contributed by atoms with E-state index < -0.39 is 0 Å². The fourth-order valence-electron chi connectivity index (χ4n) is 5.67. The highest BCUT2D eigenvalue weighted by molar-refractivity contribution is 5.87. The summed E-state index contributed by atoms with van der Waals surface area (Å²) in [6.45, 7) is 4.62. The van der Waals surface area contributed by atoms with Crippen LogP contribution in [0.3, 0.4) is 0 Å². The predicted octanol–water partition coefficient (Wildman–Crippen LogP) is 7.93. The molecule has 2 heterocycles. The van der Waals surface area contributed by atoms with E-state index in [-0.39, 0.29) is 11.8 Å². The maximum absolute atomic E-state index is 13.5. The minimum atomic E-state index is -0.0819. The van der Waals surface area contributed by atoms with Crippen molar-refractivity contribution in [2.24, 2.45) is 0 Å². The number of aryl methyl sites for hydroxylation is 1. The molecule has 1 aromatic heterocycles. The van der Waals surface area contributed by atoms with Crippen molar-refractivity contribution in [2.45, 2.75) is 38.6 Å². The fourth-order valence-corrected chi connectivity index (χ4v) is 5.67. The number of fused-ring (bicyclic) bond motifs is 1. The molecule has 1 aliphatic rings. The summed E-state index contributed by atoms with van der Waals surface area (Å²) in [5.74, 6) is 1.72. The van der Waals surface area contributed by atoms with Crippen LogP contribution in [0.25, 0.3) is 10.9 Å². The van der Waals surface area contributed by atoms with Crippen LogP contribution in [0.5, 0.6) is 11.5 Å². The first kappa shape index (κ1) is 25.0. The molecule has 6 rings (SSSR count). The summed E-state index contributed by atoms with van der Waals surface area (Å²) in [6.07, 6.45) is 4.88. The number of benzene rings is 4. The molecule has 1 saturated heterocycles. The van der Waals surface area contributed by atoms with Gasteiger partial charge in [0.05, 0.1) is 0 Å². The van der Waals surface area contributed by atoms with Gasteiger partial charge in [-0.2, -0.15) is 0 Å². The monoisotopic (exact) mass is 514 g/mol. The minimum Gasteiger partial charge on any atom is -0.457 e. The minimum absolute atomic E-state index is 0.0819. The van der Waals surface area contributed by atoms with Crippen molar-refractivity contribution in [3.63, 3.8) is 0 Å². The van der Waals surface area contributed by atoms with Gasteiger partial charge in [-0.3, -0.25) is 4.79 Å². The lowest BCUT2D eigenvalue weighted by molar-refractivity contribution is -0.130. The van der Waals surface area contributed by atoms with E-state index in [1.165, 1.54) is 27.6 Å². The summed E-state index contributed by atoms with van der Waals surface area (Å²) < 4.78 is 8.52. The lowest BCUT2D eigenvalue weighted by atomic mass is 9.87. The summed E-state index contributed by atoms with van der Waals surface area (Å²) in [4.78, 5) is 15.6. The Morgan fingerprint density at radius 1 is 0.821 bits per heavy atom. The first-order chi connectivity index (χ1) is 19.1. The van der Waals surface area contributed by atoms with E-state index in [4.69, 9.17) is 4.74 Å². The quantitative estimate of drug-likeness (QED) is 0.211. The van der Waals surface area contributed by atoms with Crippen molar-refractivity contribution < 1.29 is 9.53 Å². The second kappa shape index (κ2) is 11.2. The molecule has 0 unspecified atom stereocenters. The van der Waals surface area contributed by atoms with Crippen LogP contribution in [0, 0.1) is 6.92 Å². The number of hydrogen-bond acceptors (Lipinski definition) is 2. The molecule has 1 atom stereocenters. The van der Waals surface area contributed by atoms with Crippen LogP contribution < -0.4 is 4.74 Å². The van der Waals surface area contributed by atoms with Gasteiger partial charge in [0.25, 0.3) is 0 Å². The first-order valence-electron chi connectivity index (χ1n) is 13.9. The molecule has 4 nitrogen and oxygen atoms in total. The highest BCUT2D eigenvalue weighted by atomic mass is 16.5. The van der Waals surface area contributed by atoms with Gasteiger partial charge >= 0.3 is 0 Å². The van der Waals surface area contributed by atoms with E-state index >= 15 is 0 Å². The number of aromatic nitrogens is 1. The number of nitrogens with zero attached hydrogens (tertiary/aromatic N) is 2. The fraction of sp³-hybridized carbons (Fsp3) is 0.229. The smallest absolute Gasteiger partial charge is 0.223 e. The molecule has 0 bridgehead atoms. The van der Waals surface area contributed by atoms with Crippen LogP contribution in [0.2, 0.25) is 0 Å². The van der Waals surface area contributed by atoms with Crippen molar-refractivity contribution in [1.29, 1.82) is 0 Å². The predicted molar refractivity (Wildman–Crippen MR) is 157 cm³/mol. The Hall–Kier alpha value is -4.31. The number of carbonyl (C=O) groups excluding carboxylic acids is 1. The molecule has 5 aromatic rings. The molecule has 1 amide bonds. The average molecular weight is 515 g/mol. The number of carbonyl (C=O) groups is 1. The Labute approximate surface area is 230 Å². The summed E-state index contributed by atoms with van der Waals surface area (Å²) >= 11 is 0. The molecule has 1 fully saturated rings. The zero-order valence-corrected chi connectivity index (χ0v) is 22.4. The standard InChI is InChI=1S/C35H34N2O2/c1-26-16-18-27(19-17-26)24-37-25-33(31-14-5-6-15-34(31)37)32(23-35(38)36-20-7-8-21-36)28-10-9-13-30(22-28)39-29-11-3-2-4-12-29/h2-6,9-19,22,25,32H,7-8,20-21,23-24H2,1H3/t32-/m0/s1. The topological polar surface area (TPSA) is 34.5 Å². The Balaban J connectivity index is 1.40. The second-order valence-electron chi connectivity index (χ2n) is 10.5. The van der Waals surface area contributed by atoms with Crippen molar-refractivity contribution >= 4 is 16.8 Å². The van der Waals surface area contributed by atoms with Crippen LogP contribution >= 0.6 is 0 Å². The highest BCUT2D eigenvalue weighted by Gasteiger charge is 2.27. The van der Waals surface area contributed by atoms with E-state index in [0.29, 0.717) is 6.42 Å². The lowest BCUT2D eigenvalue weighted by Crippen LogP contribution is -2.29. The molecule has 4 heteroatoms. The SMILES string of the molecule is Cc1ccc(Cn2cc([C@@H](CC(=O)N3CCCC3)c3cccc(Oc4ccccc4)c3)c3ccccc32)cc1. The highest BCUT2D eigenvalue weighted by Crippen LogP contribution is 2.37. The van der Waals surface area contributed by atoms with Gasteiger partial charge in [-0.15, -0.1) is 0 Å². The van der Waals surface area contributed by atoms with E-state index in [0.717, 1.165) is 49.5 Å². The number of rotatable bonds is 8. The zero-order valence-electron chi connectivity index (χ0n) is 22.4. The van der Waals surface area contributed by atoms with E-state index in [1.54, 1.807) is 0 Å². The van der Waals surface area contributed by atoms with Crippen molar-refractivity contribution in [3.05, 3.63) is 132 Å². The molecule has 0 spiro atoms. The Kier molecular flexibility index (Phi) is 7.18.